The van der Waals surface area contributed by atoms with Crippen LogP contribution in [0.1, 0.15) is 0 Å². The van der Waals surface area contributed by atoms with Gasteiger partial charge in [0.1, 0.15) is 0 Å². The van der Waals surface area contributed by atoms with Crippen LogP contribution in [0.2, 0.25) is 0 Å². The van der Waals surface area contributed by atoms with Gasteiger partial charge in [-0.15, -0.1) is 11.3 Å². The first-order valence-electron chi connectivity index (χ1n) is 2.57. The van der Waals surface area contributed by atoms with Crippen LogP contribution in [-0.2, 0) is 0 Å². The van der Waals surface area contributed by atoms with Gasteiger partial charge in [0.05, 0.1) is 0 Å². The molecule has 1 heteroatoms. The summed E-state index contributed by atoms with van der Waals surface area (Å²) in [6, 6.07) is 0. The highest BCUT2D eigenvalue weighted by Gasteiger charge is 1.84. The number of hydrogen-bond donors (Lipinski definition) is 0. The monoisotopic (exact) mass is 136 g/mol. The summed E-state index contributed by atoms with van der Waals surface area (Å²) in [6.45, 7) is 15.1. The Morgan fingerprint density at radius 2 is 1.11 bits per heavy atom. The molecule has 1 aromatic rings. The normalized spacial score (nSPS) is 9.78. The first-order valence-corrected chi connectivity index (χ1v) is 3.39. The Balaban J connectivity index is 4.15. The second-order valence-electron chi connectivity index (χ2n) is 1.91. The van der Waals surface area contributed by atoms with Crippen molar-refractivity contribution in [2.24, 2.45) is 0 Å². The first kappa shape index (κ1) is 6.30. The number of rotatable bonds is 0. The molecule has 1 aromatic heterocycles. The van der Waals surface area contributed by atoms with Crippen molar-refractivity contribution in [1.82, 2.24) is 0 Å². The third-order valence-corrected chi connectivity index (χ3v) is 2.27. The topological polar surface area (TPSA) is 0 Å². The van der Waals surface area contributed by atoms with Crippen LogP contribution in [0.3, 0.4) is 0 Å². The van der Waals surface area contributed by atoms with Crippen molar-refractivity contribution in [3.05, 3.63) is 19.5 Å². The van der Waals surface area contributed by atoms with E-state index in [2.05, 4.69) is 26.3 Å². The molecule has 9 heavy (non-hydrogen) atoms. The molecule has 0 aliphatic carbocycles. The molecule has 0 aliphatic rings. The average molecular weight is 136 g/mol. The molecule has 0 atom stereocenters. The SMILES string of the molecule is C=c1sc(=C)c(=C)c1=C. The second-order valence-corrected chi connectivity index (χ2v) is 3.10. The predicted octanol–water partition coefficient (Wildman–Crippen LogP) is -0.611. The minimum atomic E-state index is 0.935. The smallest absolute Gasteiger partial charge is 0.0277 e. The van der Waals surface area contributed by atoms with Crippen molar-refractivity contribution in [2.75, 3.05) is 0 Å². The van der Waals surface area contributed by atoms with Gasteiger partial charge in [-0.1, -0.05) is 26.3 Å². The summed E-state index contributed by atoms with van der Waals surface area (Å²) in [5.41, 5.74) is 0. The van der Waals surface area contributed by atoms with Crippen molar-refractivity contribution in [2.45, 2.75) is 0 Å². The van der Waals surface area contributed by atoms with E-state index in [-0.39, 0.29) is 0 Å². The Morgan fingerprint density at radius 1 is 0.778 bits per heavy atom. The molecule has 0 N–H and O–H groups in total. The lowest BCUT2D eigenvalue weighted by molar-refractivity contribution is 1.63. The molecule has 0 amide bonds. The lowest BCUT2D eigenvalue weighted by atomic mass is 10.4. The maximum Gasteiger partial charge on any atom is 0.0277 e. The van der Waals surface area contributed by atoms with Crippen LogP contribution in [0.4, 0.5) is 0 Å². The van der Waals surface area contributed by atoms with Gasteiger partial charge >= 0.3 is 0 Å². The van der Waals surface area contributed by atoms with E-state index >= 15 is 0 Å². The lowest BCUT2D eigenvalue weighted by Crippen LogP contribution is -2.33. The Morgan fingerprint density at radius 3 is 1.22 bits per heavy atom. The van der Waals surface area contributed by atoms with Crippen LogP contribution in [-0.4, -0.2) is 0 Å². The standard InChI is InChI=1S/C8H8S/c1-5-6(2)8(4)9-7(5)3/h1-4H2. The van der Waals surface area contributed by atoms with Crippen LogP contribution in [0, 0.1) is 0 Å². The summed E-state index contributed by atoms with van der Waals surface area (Å²) in [6.07, 6.45) is 0. The van der Waals surface area contributed by atoms with Gasteiger partial charge in [0, 0.05) is 9.06 Å². The summed E-state index contributed by atoms with van der Waals surface area (Å²) in [7, 11) is 0. The van der Waals surface area contributed by atoms with E-state index < -0.39 is 0 Å². The van der Waals surface area contributed by atoms with E-state index in [9.17, 15) is 0 Å². The number of thiophene rings is 1. The zero-order valence-corrected chi connectivity index (χ0v) is 6.05. The van der Waals surface area contributed by atoms with E-state index in [1.165, 1.54) is 0 Å². The van der Waals surface area contributed by atoms with Gasteiger partial charge in [0.25, 0.3) is 0 Å². The molecule has 0 aliphatic heterocycles. The average Bonchev–Trinajstić information content (AvgIpc) is 1.98. The summed E-state index contributed by atoms with van der Waals surface area (Å²) in [5.74, 6) is 0. The van der Waals surface area contributed by atoms with Crippen LogP contribution in [0.5, 0.6) is 0 Å². The second kappa shape index (κ2) is 1.85. The molecule has 1 rings (SSSR count). The van der Waals surface area contributed by atoms with Crippen LogP contribution in [0.15, 0.2) is 0 Å². The first-order chi connectivity index (χ1) is 4.13. The molecule has 0 aromatic carbocycles. The summed E-state index contributed by atoms with van der Waals surface area (Å²) < 4.78 is 1.95. The van der Waals surface area contributed by atoms with Crippen molar-refractivity contribution >= 4 is 37.7 Å². The van der Waals surface area contributed by atoms with Crippen molar-refractivity contribution in [3.63, 3.8) is 0 Å². The zero-order chi connectivity index (χ0) is 7.02. The molecule has 0 bridgehead atoms. The van der Waals surface area contributed by atoms with Crippen LogP contribution < -0.4 is 19.5 Å². The highest BCUT2D eigenvalue weighted by molar-refractivity contribution is 7.07. The van der Waals surface area contributed by atoms with Gasteiger partial charge in [0.15, 0.2) is 0 Å². The Bertz CT molecular complexity index is 359. The van der Waals surface area contributed by atoms with Crippen molar-refractivity contribution in [3.8, 4) is 0 Å². The molecule has 0 nitrogen and oxygen atoms in total. The van der Waals surface area contributed by atoms with Crippen molar-refractivity contribution in [1.29, 1.82) is 0 Å². The molecule has 1 heterocycles. The molecule has 0 unspecified atom stereocenters. The highest BCUT2D eigenvalue weighted by atomic mass is 32.1. The van der Waals surface area contributed by atoms with Crippen molar-refractivity contribution < 1.29 is 0 Å². The quantitative estimate of drug-likeness (QED) is 0.446. The maximum absolute atomic E-state index is 3.79. The third-order valence-electron chi connectivity index (χ3n) is 1.28. The predicted molar refractivity (Wildman–Crippen MR) is 44.9 cm³/mol. The van der Waals surface area contributed by atoms with E-state index in [0.29, 0.717) is 0 Å². The third kappa shape index (κ3) is 0.836. The fourth-order valence-corrected chi connectivity index (χ4v) is 1.40. The molecule has 0 fully saturated rings. The van der Waals surface area contributed by atoms with Crippen LogP contribution in [0.25, 0.3) is 26.3 Å². The van der Waals surface area contributed by atoms with Gasteiger partial charge in [-0.25, -0.2) is 0 Å². The van der Waals surface area contributed by atoms with Gasteiger partial charge in [-0.3, -0.25) is 0 Å². The Kier molecular flexibility index (Phi) is 1.29. The minimum absolute atomic E-state index is 0.935. The van der Waals surface area contributed by atoms with Crippen LogP contribution >= 0.6 is 11.3 Å². The van der Waals surface area contributed by atoms with Gasteiger partial charge in [0.2, 0.25) is 0 Å². The largest absolute Gasteiger partial charge is 0.136 e. The van der Waals surface area contributed by atoms with Gasteiger partial charge < -0.3 is 0 Å². The zero-order valence-electron chi connectivity index (χ0n) is 5.24. The Hall–Kier alpha value is -0.820. The summed E-state index contributed by atoms with van der Waals surface area (Å²) >= 11 is 1.55. The fourth-order valence-electron chi connectivity index (χ4n) is 0.609. The van der Waals surface area contributed by atoms with E-state index in [1.54, 1.807) is 11.3 Å². The fraction of sp³-hybridized carbons (Fsp3) is 0. The minimum Gasteiger partial charge on any atom is -0.136 e. The highest BCUT2D eigenvalue weighted by Crippen LogP contribution is 1.56. The maximum atomic E-state index is 3.79. The molecule has 0 saturated heterocycles. The Labute approximate surface area is 57.8 Å². The summed E-state index contributed by atoms with van der Waals surface area (Å²) in [4.78, 5) is 0. The molecule has 0 radical (unpaired) electrons. The molecule has 0 saturated carbocycles. The summed E-state index contributed by atoms with van der Waals surface area (Å²) in [5, 5.41) is 1.87. The van der Waals surface area contributed by atoms with Gasteiger partial charge in [-0.05, 0) is 10.4 Å². The van der Waals surface area contributed by atoms with E-state index in [0.717, 1.165) is 19.5 Å². The molecule has 46 valence electrons. The lowest BCUT2D eigenvalue weighted by Gasteiger charge is -1.64. The molecular formula is C8H8S. The number of hydrogen-bond acceptors (Lipinski definition) is 1. The molecule has 0 spiro atoms. The van der Waals surface area contributed by atoms with Gasteiger partial charge in [-0.2, -0.15) is 0 Å². The van der Waals surface area contributed by atoms with E-state index in [4.69, 9.17) is 0 Å². The van der Waals surface area contributed by atoms with E-state index in [1.807, 2.05) is 0 Å². The molecular weight excluding hydrogens is 128 g/mol.